The lowest BCUT2D eigenvalue weighted by Crippen LogP contribution is -2.57. The van der Waals surface area contributed by atoms with Crippen LogP contribution in [0, 0.1) is 11.3 Å². The van der Waals surface area contributed by atoms with Crippen LogP contribution in [-0.2, 0) is 26.2 Å². The third-order valence-electron chi connectivity index (χ3n) is 6.88. The molecule has 0 radical (unpaired) electrons. The number of aryl methyl sites for hydroxylation is 2. The minimum absolute atomic E-state index is 0.0692. The number of alkyl halides is 3. The summed E-state index contributed by atoms with van der Waals surface area (Å²) in [5.41, 5.74) is 0.206. The van der Waals surface area contributed by atoms with Gasteiger partial charge in [-0.25, -0.2) is 14.8 Å². The Morgan fingerprint density at radius 3 is 2.53 bits per heavy atom. The van der Waals surface area contributed by atoms with Gasteiger partial charge in [0.15, 0.2) is 5.82 Å². The quantitative estimate of drug-likeness (QED) is 0.528. The SMILES string of the molecule is CCn1c(CC#N)nc2c(N3C[C@@H](C)N(C(C)c4cccc(C(F)(F)F)n4)C[C@@H]3C)nc(=O)n(C)c21. The molecule has 1 fully saturated rings. The van der Waals surface area contributed by atoms with Crippen LogP contribution in [0.4, 0.5) is 19.0 Å². The summed E-state index contributed by atoms with van der Waals surface area (Å²) in [6, 6.07) is 5.58. The fraction of sp³-hybridized carbons (Fsp3) is 0.542. The van der Waals surface area contributed by atoms with Crippen LogP contribution in [0.25, 0.3) is 11.2 Å². The third kappa shape index (κ3) is 4.43. The molecule has 0 amide bonds. The maximum Gasteiger partial charge on any atom is 0.433 e. The summed E-state index contributed by atoms with van der Waals surface area (Å²) in [6.45, 7) is 9.33. The Hall–Kier alpha value is -3.46. The maximum atomic E-state index is 13.2. The van der Waals surface area contributed by atoms with Gasteiger partial charge in [-0.05, 0) is 39.8 Å². The lowest BCUT2D eigenvalue weighted by Gasteiger charge is -2.47. The van der Waals surface area contributed by atoms with E-state index in [-0.39, 0.29) is 24.5 Å². The molecule has 0 spiro atoms. The van der Waals surface area contributed by atoms with E-state index in [1.165, 1.54) is 10.6 Å². The number of nitriles is 1. The van der Waals surface area contributed by atoms with E-state index in [0.717, 1.165) is 6.07 Å². The molecule has 1 aliphatic heterocycles. The van der Waals surface area contributed by atoms with Crippen molar-refractivity contribution in [2.24, 2.45) is 7.05 Å². The number of piperazine rings is 1. The molecule has 0 N–H and O–H groups in total. The van der Waals surface area contributed by atoms with Gasteiger partial charge in [-0.3, -0.25) is 9.47 Å². The van der Waals surface area contributed by atoms with E-state index in [2.05, 4.69) is 20.9 Å². The number of imidazole rings is 1. The molecule has 3 aromatic rings. The summed E-state index contributed by atoms with van der Waals surface area (Å²) >= 11 is 0. The number of halogens is 3. The largest absolute Gasteiger partial charge is 0.433 e. The topological polar surface area (TPSA) is 95.9 Å². The summed E-state index contributed by atoms with van der Waals surface area (Å²) in [6.07, 6.45) is -4.40. The van der Waals surface area contributed by atoms with E-state index >= 15 is 0 Å². The van der Waals surface area contributed by atoms with Crippen molar-refractivity contribution in [1.82, 2.24) is 29.0 Å². The molecular formula is C24H29F3N8O. The minimum atomic E-state index is -4.50. The summed E-state index contributed by atoms with van der Waals surface area (Å²) < 4.78 is 42.9. The van der Waals surface area contributed by atoms with Crippen molar-refractivity contribution in [3.8, 4) is 6.07 Å². The van der Waals surface area contributed by atoms with Crippen LogP contribution < -0.4 is 10.6 Å². The average Bonchev–Trinajstić information content (AvgIpc) is 3.20. The van der Waals surface area contributed by atoms with Gasteiger partial charge in [0.05, 0.1) is 18.2 Å². The zero-order chi connectivity index (χ0) is 26.4. The van der Waals surface area contributed by atoms with E-state index in [0.29, 0.717) is 48.1 Å². The van der Waals surface area contributed by atoms with E-state index in [9.17, 15) is 23.2 Å². The molecular weight excluding hydrogens is 473 g/mol. The van der Waals surface area contributed by atoms with Crippen LogP contribution in [0.3, 0.4) is 0 Å². The number of fused-ring (bicyclic) bond motifs is 1. The first-order valence-corrected chi connectivity index (χ1v) is 11.9. The Kier molecular flexibility index (Phi) is 6.79. The molecule has 3 aromatic heterocycles. The summed E-state index contributed by atoms with van der Waals surface area (Å²) in [7, 11) is 1.64. The second kappa shape index (κ2) is 9.54. The van der Waals surface area contributed by atoms with Gasteiger partial charge in [0.2, 0.25) is 0 Å². The predicted molar refractivity (Wildman–Crippen MR) is 128 cm³/mol. The number of pyridine rings is 1. The van der Waals surface area contributed by atoms with Crippen molar-refractivity contribution in [1.29, 1.82) is 5.26 Å². The molecule has 9 nitrogen and oxygen atoms in total. The molecule has 0 bridgehead atoms. The molecule has 4 heterocycles. The van der Waals surface area contributed by atoms with Gasteiger partial charge in [0.1, 0.15) is 22.7 Å². The van der Waals surface area contributed by atoms with Gasteiger partial charge in [-0.15, -0.1) is 0 Å². The maximum absolute atomic E-state index is 13.2. The van der Waals surface area contributed by atoms with Crippen molar-refractivity contribution < 1.29 is 13.2 Å². The smallest absolute Gasteiger partial charge is 0.349 e. The lowest BCUT2D eigenvalue weighted by molar-refractivity contribution is -0.141. The molecule has 0 saturated carbocycles. The van der Waals surface area contributed by atoms with E-state index in [4.69, 9.17) is 4.98 Å². The highest BCUT2D eigenvalue weighted by molar-refractivity contribution is 5.84. The Bertz CT molecular complexity index is 1370. The Morgan fingerprint density at radius 2 is 1.89 bits per heavy atom. The molecule has 0 aliphatic carbocycles. The van der Waals surface area contributed by atoms with Crippen LogP contribution in [0.15, 0.2) is 23.0 Å². The predicted octanol–water partition coefficient (Wildman–Crippen LogP) is 3.29. The van der Waals surface area contributed by atoms with Crippen LogP contribution in [0.1, 0.15) is 50.9 Å². The minimum Gasteiger partial charge on any atom is -0.349 e. The third-order valence-corrected chi connectivity index (χ3v) is 6.88. The fourth-order valence-electron chi connectivity index (χ4n) is 5.03. The summed E-state index contributed by atoms with van der Waals surface area (Å²) in [4.78, 5) is 29.9. The van der Waals surface area contributed by atoms with Crippen LogP contribution in [0.5, 0.6) is 0 Å². The molecule has 1 unspecified atom stereocenters. The van der Waals surface area contributed by atoms with Gasteiger partial charge < -0.3 is 9.47 Å². The lowest BCUT2D eigenvalue weighted by atomic mass is 10.0. The standard InChI is InChI=1S/C24H29F3N8O/c1-6-33-19(10-11-28)30-20-21(31-23(36)32(5)22(20)33)35-13-14(2)34(12-15(35)3)16(4)17-8-7-9-18(29-17)24(25,26)27/h7-9,14-16H,6,10,12-13H2,1-5H3/t14-,15+,16?/m1/s1. The molecule has 12 heteroatoms. The van der Waals surface area contributed by atoms with Crippen LogP contribution in [-0.4, -0.2) is 54.2 Å². The number of hydrogen-bond acceptors (Lipinski definition) is 7. The Labute approximate surface area is 206 Å². The number of hydrogen-bond donors (Lipinski definition) is 0. The fourth-order valence-corrected chi connectivity index (χ4v) is 5.03. The van der Waals surface area contributed by atoms with Gasteiger partial charge in [0, 0.05) is 44.8 Å². The monoisotopic (exact) mass is 502 g/mol. The van der Waals surface area contributed by atoms with Crippen molar-refractivity contribution in [3.63, 3.8) is 0 Å². The molecule has 1 saturated heterocycles. The molecule has 36 heavy (non-hydrogen) atoms. The van der Waals surface area contributed by atoms with E-state index in [1.54, 1.807) is 13.1 Å². The van der Waals surface area contributed by atoms with Crippen LogP contribution in [0.2, 0.25) is 0 Å². The molecule has 4 rings (SSSR count). The van der Waals surface area contributed by atoms with Gasteiger partial charge >= 0.3 is 11.9 Å². The number of anilines is 1. The zero-order valence-electron chi connectivity index (χ0n) is 20.9. The number of rotatable bonds is 5. The highest BCUT2D eigenvalue weighted by Crippen LogP contribution is 2.33. The first kappa shape index (κ1) is 25.6. The Balaban J connectivity index is 1.69. The highest BCUT2D eigenvalue weighted by Gasteiger charge is 2.37. The molecule has 1 aliphatic rings. The van der Waals surface area contributed by atoms with Crippen molar-refractivity contribution in [3.05, 3.63) is 45.9 Å². The normalized spacial score (nSPS) is 20.0. The second-order valence-electron chi connectivity index (χ2n) is 9.23. The van der Waals surface area contributed by atoms with Gasteiger partial charge in [0.25, 0.3) is 0 Å². The first-order chi connectivity index (χ1) is 17.0. The van der Waals surface area contributed by atoms with E-state index < -0.39 is 17.6 Å². The summed E-state index contributed by atoms with van der Waals surface area (Å²) in [5.74, 6) is 1.03. The Morgan fingerprint density at radius 1 is 1.17 bits per heavy atom. The number of nitrogens with zero attached hydrogens (tertiary/aromatic N) is 8. The van der Waals surface area contributed by atoms with Crippen molar-refractivity contribution >= 4 is 17.0 Å². The molecule has 192 valence electrons. The average molecular weight is 503 g/mol. The first-order valence-electron chi connectivity index (χ1n) is 11.9. The summed E-state index contributed by atoms with van der Waals surface area (Å²) in [5, 5.41) is 9.25. The van der Waals surface area contributed by atoms with Crippen molar-refractivity contribution in [2.45, 2.75) is 65.0 Å². The van der Waals surface area contributed by atoms with E-state index in [1.807, 2.05) is 37.2 Å². The van der Waals surface area contributed by atoms with Gasteiger partial charge in [-0.1, -0.05) is 6.07 Å². The molecule has 3 atom stereocenters. The van der Waals surface area contributed by atoms with Gasteiger partial charge in [-0.2, -0.15) is 23.4 Å². The molecule has 0 aromatic carbocycles. The van der Waals surface area contributed by atoms with Crippen LogP contribution >= 0.6 is 0 Å². The highest BCUT2D eigenvalue weighted by atomic mass is 19.4. The zero-order valence-corrected chi connectivity index (χ0v) is 20.9. The second-order valence-corrected chi connectivity index (χ2v) is 9.23. The number of aromatic nitrogens is 5. The van der Waals surface area contributed by atoms with Crippen molar-refractivity contribution in [2.75, 3.05) is 18.0 Å².